The molecule has 3 aromatic rings. The second-order valence-electron chi connectivity index (χ2n) is 5.00. The van der Waals surface area contributed by atoms with Gasteiger partial charge in [0.05, 0.1) is 18.2 Å². The first-order valence-corrected chi connectivity index (χ1v) is 7.41. The van der Waals surface area contributed by atoms with Gasteiger partial charge in [-0.3, -0.25) is 0 Å². The molecular weight excluding hydrogens is 308 g/mol. The molecule has 2 aromatic carbocycles. The van der Waals surface area contributed by atoms with Crippen LogP contribution in [0.1, 0.15) is 16.7 Å². The van der Waals surface area contributed by atoms with E-state index in [2.05, 4.69) is 22.2 Å². The molecule has 112 valence electrons. The molecule has 23 heavy (non-hydrogen) atoms. The second kappa shape index (κ2) is 6.91. The van der Waals surface area contributed by atoms with Crippen LogP contribution in [0.2, 0.25) is 5.02 Å². The van der Waals surface area contributed by atoms with Gasteiger partial charge in [-0.2, -0.15) is 10.4 Å². The monoisotopic (exact) mass is 320 g/mol. The Morgan fingerprint density at radius 2 is 1.87 bits per heavy atom. The third-order valence-corrected chi connectivity index (χ3v) is 3.65. The van der Waals surface area contributed by atoms with Crippen molar-refractivity contribution in [2.24, 2.45) is 0 Å². The molecule has 0 saturated carbocycles. The predicted octanol–water partition coefficient (Wildman–Crippen LogP) is 4.04. The van der Waals surface area contributed by atoms with Crippen LogP contribution in [0.3, 0.4) is 0 Å². The minimum Gasteiger partial charge on any atom is -0.249 e. The van der Waals surface area contributed by atoms with Crippen molar-refractivity contribution in [1.82, 2.24) is 14.8 Å². The summed E-state index contributed by atoms with van der Waals surface area (Å²) in [5, 5.41) is 13.8. The van der Waals surface area contributed by atoms with Gasteiger partial charge in [0.25, 0.3) is 0 Å². The first-order valence-electron chi connectivity index (χ1n) is 7.04. The molecule has 0 N–H and O–H groups in total. The molecule has 0 aliphatic rings. The van der Waals surface area contributed by atoms with Crippen molar-refractivity contribution in [2.75, 3.05) is 0 Å². The highest BCUT2D eigenvalue weighted by Gasteiger charge is 2.05. The van der Waals surface area contributed by atoms with Crippen molar-refractivity contribution < 1.29 is 0 Å². The maximum atomic E-state index is 8.94. The summed E-state index contributed by atoms with van der Waals surface area (Å²) in [6.45, 7) is 0.592. The first kappa shape index (κ1) is 15.0. The van der Waals surface area contributed by atoms with Crippen molar-refractivity contribution in [1.29, 1.82) is 5.26 Å². The molecule has 0 aliphatic heterocycles. The molecule has 5 heteroatoms. The molecule has 0 unspecified atom stereocenters. The number of hydrogen-bond donors (Lipinski definition) is 0. The zero-order valence-electron chi connectivity index (χ0n) is 12.2. The second-order valence-corrected chi connectivity index (χ2v) is 5.44. The predicted molar refractivity (Wildman–Crippen MR) is 90.5 cm³/mol. The Kier molecular flexibility index (Phi) is 4.51. The van der Waals surface area contributed by atoms with Crippen LogP contribution in [-0.2, 0) is 6.54 Å². The van der Waals surface area contributed by atoms with Crippen LogP contribution >= 0.6 is 11.6 Å². The van der Waals surface area contributed by atoms with Gasteiger partial charge in [0.15, 0.2) is 0 Å². The third-order valence-electron chi connectivity index (χ3n) is 3.39. The molecular formula is C18H13ClN4. The maximum Gasteiger partial charge on any atom is 0.137 e. The average molecular weight is 321 g/mol. The molecule has 0 fully saturated rings. The van der Waals surface area contributed by atoms with Gasteiger partial charge in [-0.25, -0.2) is 9.67 Å². The van der Waals surface area contributed by atoms with Gasteiger partial charge < -0.3 is 0 Å². The van der Waals surface area contributed by atoms with Crippen LogP contribution in [-0.4, -0.2) is 14.8 Å². The molecule has 1 heterocycles. The normalized spacial score (nSPS) is 11.2. The summed E-state index contributed by atoms with van der Waals surface area (Å²) in [5.41, 5.74) is 3.80. The number of nitriles is 1. The van der Waals surface area contributed by atoms with E-state index in [9.17, 15) is 0 Å². The number of aromatic nitrogens is 3. The number of rotatable bonds is 4. The van der Waals surface area contributed by atoms with Gasteiger partial charge in [-0.05, 0) is 47.0 Å². The van der Waals surface area contributed by atoms with Crippen LogP contribution in [0.4, 0.5) is 0 Å². The van der Waals surface area contributed by atoms with E-state index in [1.807, 2.05) is 48.5 Å². The van der Waals surface area contributed by atoms with Crippen molar-refractivity contribution in [3.8, 4) is 6.07 Å². The van der Waals surface area contributed by atoms with Gasteiger partial charge >= 0.3 is 0 Å². The first-order chi connectivity index (χ1) is 11.2. The zero-order valence-corrected chi connectivity index (χ0v) is 13.0. The topological polar surface area (TPSA) is 54.5 Å². The van der Waals surface area contributed by atoms with E-state index >= 15 is 0 Å². The van der Waals surface area contributed by atoms with E-state index in [0.717, 1.165) is 16.7 Å². The highest BCUT2D eigenvalue weighted by atomic mass is 35.5. The number of allylic oxidation sites excluding steroid dienone is 1. The van der Waals surface area contributed by atoms with E-state index < -0.39 is 0 Å². The third kappa shape index (κ3) is 3.85. The van der Waals surface area contributed by atoms with E-state index in [-0.39, 0.29) is 0 Å². The quantitative estimate of drug-likeness (QED) is 0.682. The summed E-state index contributed by atoms with van der Waals surface area (Å²) in [6, 6.07) is 17.3. The van der Waals surface area contributed by atoms with Gasteiger partial charge in [0, 0.05) is 5.02 Å². The zero-order chi connectivity index (χ0) is 16.1. The molecule has 0 saturated heterocycles. The van der Waals surface area contributed by atoms with Crippen molar-refractivity contribution in [3.05, 3.63) is 82.9 Å². The Labute approximate surface area is 139 Å². The van der Waals surface area contributed by atoms with E-state index in [0.29, 0.717) is 17.1 Å². The highest BCUT2D eigenvalue weighted by molar-refractivity contribution is 6.30. The fourth-order valence-electron chi connectivity index (χ4n) is 2.23. The molecule has 0 aliphatic carbocycles. The fourth-order valence-corrected chi connectivity index (χ4v) is 2.35. The Balaban J connectivity index is 1.98. The van der Waals surface area contributed by atoms with Crippen LogP contribution in [0.5, 0.6) is 0 Å². The van der Waals surface area contributed by atoms with Crippen molar-refractivity contribution in [3.63, 3.8) is 0 Å². The lowest BCUT2D eigenvalue weighted by atomic mass is 10.0. The maximum absolute atomic E-state index is 8.94. The lowest BCUT2D eigenvalue weighted by Crippen LogP contribution is -2.01. The van der Waals surface area contributed by atoms with E-state index in [4.69, 9.17) is 16.9 Å². The molecule has 1 aromatic heterocycles. The largest absolute Gasteiger partial charge is 0.249 e. The number of benzene rings is 2. The molecule has 0 atom stereocenters. The summed E-state index contributed by atoms with van der Waals surface area (Å²) in [5.74, 6) is 0. The van der Waals surface area contributed by atoms with Crippen LogP contribution in [0.25, 0.3) is 11.6 Å². The van der Waals surface area contributed by atoms with Crippen LogP contribution in [0.15, 0.2) is 61.2 Å². The smallest absolute Gasteiger partial charge is 0.137 e. The summed E-state index contributed by atoms with van der Waals surface area (Å²) >= 11 is 5.94. The molecule has 4 nitrogen and oxygen atoms in total. The molecule has 0 radical (unpaired) electrons. The molecule has 0 amide bonds. The summed E-state index contributed by atoms with van der Waals surface area (Å²) < 4.78 is 1.76. The summed E-state index contributed by atoms with van der Waals surface area (Å²) in [6.07, 6.45) is 5.28. The van der Waals surface area contributed by atoms with Gasteiger partial charge in [0.2, 0.25) is 0 Å². The number of hydrogen-bond acceptors (Lipinski definition) is 3. The van der Waals surface area contributed by atoms with E-state index in [1.54, 1.807) is 11.0 Å². The summed E-state index contributed by atoms with van der Waals surface area (Å²) in [7, 11) is 0. The Morgan fingerprint density at radius 3 is 2.48 bits per heavy atom. The summed E-state index contributed by atoms with van der Waals surface area (Å²) in [4.78, 5) is 3.98. The number of halogens is 1. The lowest BCUT2D eigenvalue weighted by Gasteiger charge is -2.09. The average Bonchev–Trinajstić information content (AvgIpc) is 3.09. The lowest BCUT2D eigenvalue weighted by molar-refractivity contribution is 0.711. The Bertz CT molecular complexity index is 842. The number of nitrogens with zero attached hydrogens (tertiary/aromatic N) is 4. The minimum atomic E-state index is 0.592. The van der Waals surface area contributed by atoms with E-state index in [1.165, 1.54) is 6.33 Å². The van der Waals surface area contributed by atoms with Gasteiger partial charge in [0.1, 0.15) is 12.7 Å². The fraction of sp³-hybridized carbons (Fsp3) is 0.0556. The molecule has 3 rings (SSSR count). The molecule has 0 bridgehead atoms. The Morgan fingerprint density at radius 1 is 1.13 bits per heavy atom. The van der Waals surface area contributed by atoms with Crippen molar-refractivity contribution >= 4 is 23.3 Å². The van der Waals surface area contributed by atoms with Crippen molar-refractivity contribution in [2.45, 2.75) is 6.54 Å². The van der Waals surface area contributed by atoms with Gasteiger partial charge in [-0.15, -0.1) is 0 Å². The van der Waals surface area contributed by atoms with Crippen LogP contribution in [0, 0.1) is 11.3 Å². The highest BCUT2D eigenvalue weighted by Crippen LogP contribution is 2.21. The molecule has 0 spiro atoms. The Hall–Kier alpha value is -2.90. The van der Waals surface area contributed by atoms with Crippen LogP contribution < -0.4 is 0 Å². The minimum absolute atomic E-state index is 0.592. The van der Waals surface area contributed by atoms with Gasteiger partial charge in [-0.1, -0.05) is 35.9 Å². The SMILES string of the molecule is N#Cc1ccc(/C(=C\c2ccc(Cl)cc2)Cn2cncn2)cc1. The standard InChI is InChI=1S/C18H13ClN4/c19-18-7-3-14(4-8-18)9-17(11-23-13-21-12-22-23)16-5-1-15(10-20)2-6-16/h1-9,12-13H,11H2/b17-9-.